The predicted molar refractivity (Wildman–Crippen MR) is 70.6 cm³/mol. The van der Waals surface area contributed by atoms with Gasteiger partial charge >= 0.3 is 0 Å². The van der Waals surface area contributed by atoms with Gasteiger partial charge in [0.15, 0.2) is 0 Å². The molecule has 0 fully saturated rings. The molecular formula is C16H14O. The smallest absolute Gasteiger partial charge is 0.146 e. The highest BCUT2D eigenvalue weighted by atomic mass is 16.1. The van der Waals surface area contributed by atoms with Crippen molar-refractivity contribution in [3.05, 3.63) is 77.4 Å². The highest BCUT2D eigenvalue weighted by Gasteiger charge is 1.98. The highest BCUT2D eigenvalue weighted by molar-refractivity contribution is 5.82. The van der Waals surface area contributed by atoms with Crippen LogP contribution < -0.4 is 0 Å². The maximum absolute atomic E-state index is 11.0. The van der Waals surface area contributed by atoms with Gasteiger partial charge in [-0.2, -0.15) is 0 Å². The Balaban J connectivity index is 2.18. The predicted octanol–water partition coefficient (Wildman–Crippen LogP) is 3.51. The average Bonchev–Trinajstić information content (AvgIpc) is 2.40. The van der Waals surface area contributed by atoms with Gasteiger partial charge in [0.1, 0.15) is 6.29 Å². The molecule has 2 aromatic carbocycles. The summed E-state index contributed by atoms with van der Waals surface area (Å²) in [6.45, 7) is 0. The summed E-state index contributed by atoms with van der Waals surface area (Å²) in [7, 11) is 0. The molecule has 0 radical (unpaired) electrons. The van der Waals surface area contributed by atoms with Gasteiger partial charge in [-0.1, -0.05) is 60.7 Å². The molecule has 0 aromatic heterocycles. The van der Waals surface area contributed by atoms with Crippen LogP contribution in [0.15, 0.2) is 66.2 Å². The lowest BCUT2D eigenvalue weighted by Gasteiger charge is -2.01. The molecule has 84 valence electrons. The number of benzene rings is 2. The Bertz CT molecular complexity index is 498. The van der Waals surface area contributed by atoms with Crippen LogP contribution in [-0.4, -0.2) is 6.29 Å². The molecule has 0 spiro atoms. The number of allylic oxidation sites excluding steroid dienone is 1. The van der Waals surface area contributed by atoms with E-state index < -0.39 is 0 Å². The fourth-order valence-electron chi connectivity index (χ4n) is 1.72. The number of aldehydes is 1. The van der Waals surface area contributed by atoms with Crippen LogP contribution in [0.3, 0.4) is 0 Å². The molecular weight excluding hydrogens is 208 g/mol. The van der Waals surface area contributed by atoms with E-state index in [4.69, 9.17) is 0 Å². The molecule has 0 amide bonds. The van der Waals surface area contributed by atoms with E-state index in [0.29, 0.717) is 6.42 Å². The van der Waals surface area contributed by atoms with Crippen molar-refractivity contribution >= 4 is 12.4 Å². The molecule has 0 bridgehead atoms. The molecule has 0 aliphatic carbocycles. The molecule has 0 aliphatic heterocycles. The molecule has 1 nitrogen and oxygen atoms in total. The zero-order valence-electron chi connectivity index (χ0n) is 9.54. The molecule has 2 rings (SSSR count). The van der Waals surface area contributed by atoms with Gasteiger partial charge < -0.3 is 0 Å². The number of carbonyl (C=O) groups is 1. The Hall–Kier alpha value is -2.15. The van der Waals surface area contributed by atoms with E-state index in [1.807, 2.05) is 66.7 Å². The summed E-state index contributed by atoms with van der Waals surface area (Å²) in [6, 6.07) is 19.9. The second-order valence-corrected chi connectivity index (χ2v) is 3.91. The summed E-state index contributed by atoms with van der Waals surface area (Å²) in [5.41, 5.74) is 3.01. The second-order valence-electron chi connectivity index (χ2n) is 3.91. The summed E-state index contributed by atoms with van der Waals surface area (Å²) in [5.74, 6) is 0. The van der Waals surface area contributed by atoms with Crippen molar-refractivity contribution < 1.29 is 4.79 Å². The van der Waals surface area contributed by atoms with Crippen LogP contribution in [0, 0.1) is 0 Å². The van der Waals surface area contributed by atoms with Crippen LogP contribution in [0.4, 0.5) is 0 Å². The molecule has 0 aliphatic rings. The van der Waals surface area contributed by atoms with Crippen LogP contribution >= 0.6 is 0 Å². The molecule has 0 atom stereocenters. The summed E-state index contributed by atoms with van der Waals surface area (Å²) in [4.78, 5) is 11.0. The molecule has 1 heteroatoms. The van der Waals surface area contributed by atoms with Crippen molar-refractivity contribution in [3.63, 3.8) is 0 Å². The van der Waals surface area contributed by atoms with Crippen molar-refractivity contribution in [2.24, 2.45) is 0 Å². The quantitative estimate of drug-likeness (QED) is 0.571. The highest BCUT2D eigenvalue weighted by Crippen LogP contribution is 2.10. The van der Waals surface area contributed by atoms with Gasteiger partial charge in [-0.15, -0.1) is 0 Å². The van der Waals surface area contributed by atoms with Crippen molar-refractivity contribution in [3.8, 4) is 0 Å². The van der Waals surface area contributed by atoms with Gasteiger partial charge in [-0.05, 0) is 22.8 Å². The number of carbonyl (C=O) groups excluding carboxylic acids is 1. The van der Waals surface area contributed by atoms with Gasteiger partial charge in [0.2, 0.25) is 0 Å². The Labute approximate surface area is 101 Å². The van der Waals surface area contributed by atoms with Crippen molar-refractivity contribution in [2.75, 3.05) is 0 Å². The minimum atomic E-state index is 0.680. The monoisotopic (exact) mass is 222 g/mol. The third kappa shape index (κ3) is 3.42. The van der Waals surface area contributed by atoms with E-state index in [-0.39, 0.29) is 0 Å². The first kappa shape index (κ1) is 11.3. The standard InChI is InChI=1S/C16H14O/c17-13-16(11-14-7-3-1-4-8-14)12-15-9-5-2-6-10-15/h1-11,13H,12H2. The van der Waals surface area contributed by atoms with Crippen LogP contribution in [0.2, 0.25) is 0 Å². The van der Waals surface area contributed by atoms with Crippen LogP contribution in [0.1, 0.15) is 11.1 Å². The van der Waals surface area contributed by atoms with E-state index in [0.717, 1.165) is 23.0 Å². The number of rotatable bonds is 4. The Morgan fingerprint density at radius 3 is 2.06 bits per heavy atom. The normalized spacial score (nSPS) is 11.2. The van der Waals surface area contributed by atoms with Gasteiger partial charge in [0.25, 0.3) is 0 Å². The molecule has 0 unspecified atom stereocenters. The maximum atomic E-state index is 11.0. The van der Waals surface area contributed by atoms with E-state index in [1.165, 1.54) is 0 Å². The molecule has 0 saturated carbocycles. The van der Waals surface area contributed by atoms with Crippen molar-refractivity contribution in [1.29, 1.82) is 0 Å². The Morgan fingerprint density at radius 1 is 0.882 bits per heavy atom. The zero-order chi connectivity index (χ0) is 11.9. The summed E-state index contributed by atoms with van der Waals surface area (Å²) in [6.07, 6.45) is 3.54. The lowest BCUT2D eigenvalue weighted by atomic mass is 10.0. The molecule has 0 heterocycles. The lowest BCUT2D eigenvalue weighted by molar-refractivity contribution is -0.104. The number of hydrogen-bond acceptors (Lipinski definition) is 1. The van der Waals surface area contributed by atoms with E-state index >= 15 is 0 Å². The van der Waals surface area contributed by atoms with Gasteiger partial charge in [0.05, 0.1) is 0 Å². The topological polar surface area (TPSA) is 17.1 Å². The largest absolute Gasteiger partial charge is 0.298 e. The van der Waals surface area contributed by atoms with Crippen molar-refractivity contribution in [1.82, 2.24) is 0 Å². The van der Waals surface area contributed by atoms with Crippen LogP contribution in [0.25, 0.3) is 6.08 Å². The number of hydrogen-bond donors (Lipinski definition) is 0. The first-order valence-corrected chi connectivity index (χ1v) is 5.63. The third-order valence-electron chi connectivity index (χ3n) is 2.55. The van der Waals surface area contributed by atoms with E-state index in [1.54, 1.807) is 0 Å². The average molecular weight is 222 g/mol. The summed E-state index contributed by atoms with van der Waals surface area (Å²) < 4.78 is 0. The third-order valence-corrected chi connectivity index (χ3v) is 2.55. The Morgan fingerprint density at radius 2 is 1.47 bits per heavy atom. The lowest BCUT2D eigenvalue weighted by Crippen LogP contribution is -1.91. The fraction of sp³-hybridized carbons (Fsp3) is 0.0625. The maximum Gasteiger partial charge on any atom is 0.146 e. The van der Waals surface area contributed by atoms with Gasteiger partial charge in [0, 0.05) is 6.42 Å². The SMILES string of the molecule is O=CC(=Cc1ccccc1)Cc1ccccc1. The van der Waals surface area contributed by atoms with Gasteiger partial charge in [-0.3, -0.25) is 4.79 Å². The zero-order valence-corrected chi connectivity index (χ0v) is 9.54. The summed E-state index contributed by atoms with van der Waals surface area (Å²) in [5, 5.41) is 0. The first-order valence-electron chi connectivity index (χ1n) is 5.63. The van der Waals surface area contributed by atoms with Crippen LogP contribution in [0.5, 0.6) is 0 Å². The van der Waals surface area contributed by atoms with Crippen LogP contribution in [-0.2, 0) is 11.2 Å². The Kier molecular flexibility index (Phi) is 3.87. The minimum absolute atomic E-state index is 0.680. The summed E-state index contributed by atoms with van der Waals surface area (Å²) >= 11 is 0. The molecule has 0 N–H and O–H groups in total. The molecule has 0 saturated heterocycles. The van der Waals surface area contributed by atoms with E-state index in [2.05, 4.69) is 0 Å². The van der Waals surface area contributed by atoms with E-state index in [9.17, 15) is 4.79 Å². The van der Waals surface area contributed by atoms with Gasteiger partial charge in [-0.25, -0.2) is 0 Å². The molecule has 2 aromatic rings. The first-order chi connectivity index (χ1) is 8.38. The fourth-order valence-corrected chi connectivity index (χ4v) is 1.72. The minimum Gasteiger partial charge on any atom is -0.298 e. The second kappa shape index (κ2) is 5.80. The molecule has 17 heavy (non-hydrogen) atoms. The van der Waals surface area contributed by atoms with Crippen molar-refractivity contribution in [2.45, 2.75) is 6.42 Å².